The Kier molecular flexibility index (Phi) is 12.9. The van der Waals surface area contributed by atoms with E-state index in [0.29, 0.717) is 0 Å². The minimum Gasteiger partial charge on any atom is -0.512 e. The largest absolute Gasteiger partial charge is 0.512 e. The molecule has 0 amide bonds. The Hall–Kier alpha value is -3.15. The number of nitrogens with zero attached hydrogens (tertiary/aromatic N) is 1. The molecule has 3 nitrogen and oxygen atoms in total. The van der Waals surface area contributed by atoms with Gasteiger partial charge < -0.3 is 5.11 Å². The van der Waals surface area contributed by atoms with Crippen molar-refractivity contribution in [1.29, 1.82) is 0 Å². The first-order chi connectivity index (χ1) is 23.7. The van der Waals surface area contributed by atoms with E-state index in [2.05, 4.69) is 99.8 Å². The number of hydrogen-bond donors (Lipinski definition) is 1. The van der Waals surface area contributed by atoms with Crippen molar-refractivity contribution in [1.82, 2.24) is 4.98 Å². The van der Waals surface area contributed by atoms with E-state index in [0.717, 1.165) is 42.3 Å². The van der Waals surface area contributed by atoms with Crippen molar-refractivity contribution in [2.45, 2.75) is 100 Å². The van der Waals surface area contributed by atoms with E-state index in [9.17, 15) is 9.90 Å². The zero-order chi connectivity index (χ0) is 36.4. The Bertz CT molecular complexity index is 2170. The van der Waals surface area contributed by atoms with Crippen molar-refractivity contribution in [3.05, 3.63) is 101 Å². The number of rotatable bonds is 9. The molecule has 0 aliphatic heterocycles. The van der Waals surface area contributed by atoms with Gasteiger partial charge in [0.05, 0.1) is 0 Å². The van der Waals surface area contributed by atoms with Crippen LogP contribution in [0, 0.1) is 23.8 Å². The van der Waals surface area contributed by atoms with Crippen LogP contribution in [0.15, 0.2) is 84.1 Å². The molecule has 1 N–H and O–H groups in total. The van der Waals surface area contributed by atoms with Crippen LogP contribution in [0.5, 0.6) is 0 Å². The van der Waals surface area contributed by atoms with Crippen molar-refractivity contribution < 1.29 is 30.0 Å². The number of carbonyl (C=O) groups is 1. The first-order valence-corrected chi connectivity index (χ1v) is 19.7. The third-order valence-corrected chi connectivity index (χ3v) is 13.2. The zero-order valence-electron chi connectivity index (χ0n) is 31.8. The number of aromatic nitrogens is 1. The third kappa shape index (κ3) is 8.41. The van der Waals surface area contributed by atoms with Crippen LogP contribution in [-0.2, 0) is 30.3 Å². The van der Waals surface area contributed by atoms with Gasteiger partial charge in [0.2, 0.25) is 0 Å². The van der Waals surface area contributed by atoms with Crippen LogP contribution < -0.4 is 0 Å². The number of allylic oxidation sites excluding steroid dienone is 2. The fourth-order valence-corrected chi connectivity index (χ4v) is 8.41. The standard InChI is InChI=1S/C30H24NS2.C15H28O2.Ir/c1-18-17-32-27-15-20(9-10-23(18)27)26-16-21-11-12-31-28(29(21)33-26)22-13-19-7-5-6-8-24(19)25(14-22)30(2,3)4;1-7-14(5,8-2)12(16)11-13(17)15(6,9-3)10-4;/h5-12,14-17H,1-4H3;11,16H,7-10H2,1-6H3;/q-1;;/b;12-11-;. The quantitative estimate of drug-likeness (QED) is 0.0894. The van der Waals surface area contributed by atoms with Crippen LogP contribution in [0.3, 0.4) is 0 Å². The summed E-state index contributed by atoms with van der Waals surface area (Å²) in [4.78, 5) is 18.3. The smallest absolute Gasteiger partial charge is 0.164 e. The normalized spacial score (nSPS) is 12.5. The molecule has 0 spiro atoms. The van der Waals surface area contributed by atoms with Gasteiger partial charge in [-0.3, -0.25) is 9.78 Å². The average molecular weight is 895 g/mol. The molecule has 0 saturated carbocycles. The van der Waals surface area contributed by atoms with Crippen molar-refractivity contribution in [2.24, 2.45) is 10.8 Å². The predicted octanol–water partition coefficient (Wildman–Crippen LogP) is 14.1. The van der Waals surface area contributed by atoms with Gasteiger partial charge in [0.25, 0.3) is 0 Å². The molecule has 0 fully saturated rings. The summed E-state index contributed by atoms with van der Waals surface area (Å²) in [7, 11) is 0. The summed E-state index contributed by atoms with van der Waals surface area (Å²) in [5.41, 5.74) is 5.48. The van der Waals surface area contributed by atoms with Gasteiger partial charge in [-0.05, 0) is 83.5 Å². The molecule has 0 bridgehead atoms. The molecule has 3 aromatic carbocycles. The van der Waals surface area contributed by atoms with E-state index in [4.69, 9.17) is 4.98 Å². The molecule has 6 heteroatoms. The number of carbonyl (C=O) groups excluding carboxylic acids is 1. The summed E-state index contributed by atoms with van der Waals surface area (Å²) >= 11 is 3.65. The monoisotopic (exact) mass is 895 g/mol. The van der Waals surface area contributed by atoms with Crippen LogP contribution in [0.1, 0.15) is 99.1 Å². The van der Waals surface area contributed by atoms with E-state index in [1.54, 1.807) is 0 Å². The second-order valence-electron chi connectivity index (χ2n) is 15.1. The van der Waals surface area contributed by atoms with Crippen molar-refractivity contribution >= 4 is 59.4 Å². The third-order valence-electron chi connectivity index (χ3n) is 10.9. The van der Waals surface area contributed by atoms with Crippen LogP contribution >= 0.6 is 22.7 Å². The van der Waals surface area contributed by atoms with Crippen molar-refractivity contribution in [2.75, 3.05) is 0 Å². The summed E-state index contributed by atoms with van der Waals surface area (Å²) in [5.74, 6) is 0.286. The Labute approximate surface area is 326 Å². The van der Waals surface area contributed by atoms with Gasteiger partial charge in [0.1, 0.15) is 5.76 Å². The summed E-state index contributed by atoms with van der Waals surface area (Å²) in [6.45, 7) is 21.1. The second kappa shape index (κ2) is 16.3. The van der Waals surface area contributed by atoms with Crippen LogP contribution in [0.25, 0.3) is 52.6 Å². The maximum absolute atomic E-state index is 12.2. The SMILES string of the molecule is CCC(C)(CC)C(=O)/C=C(\O)C(C)(CC)CC.Cc1csc2cc(-c3cc4ccnc(-c5[c-]c6ccccc6c(C(C)(C)C)c5)c4s3)ccc12.[Ir]. The molecule has 0 unspecified atom stereocenters. The molecule has 0 aliphatic carbocycles. The molecule has 6 rings (SSSR count). The summed E-state index contributed by atoms with van der Waals surface area (Å²) in [5, 5.41) is 17.4. The fourth-order valence-electron chi connectivity index (χ4n) is 6.27. The molecule has 271 valence electrons. The van der Waals surface area contributed by atoms with Crippen LogP contribution in [0.4, 0.5) is 0 Å². The fraction of sp³-hybridized carbons (Fsp3) is 0.378. The molecular formula is C45H52IrNO2S2-. The van der Waals surface area contributed by atoms with Gasteiger partial charge in [-0.1, -0.05) is 104 Å². The van der Waals surface area contributed by atoms with Gasteiger partial charge in [-0.25, -0.2) is 0 Å². The minimum absolute atomic E-state index is 0. The van der Waals surface area contributed by atoms with Gasteiger partial charge in [0, 0.05) is 63.2 Å². The predicted molar refractivity (Wildman–Crippen MR) is 219 cm³/mol. The van der Waals surface area contributed by atoms with Gasteiger partial charge in [-0.2, -0.15) is 0 Å². The second-order valence-corrected chi connectivity index (χ2v) is 17.1. The minimum atomic E-state index is -0.337. The van der Waals surface area contributed by atoms with Gasteiger partial charge in [-0.15, -0.1) is 51.8 Å². The number of hydrogen-bond acceptors (Lipinski definition) is 5. The number of benzene rings is 3. The molecular weight excluding hydrogens is 843 g/mol. The van der Waals surface area contributed by atoms with Gasteiger partial charge >= 0.3 is 0 Å². The first-order valence-electron chi connectivity index (χ1n) is 18.0. The number of aliphatic hydroxyl groups is 1. The Morgan fingerprint density at radius 3 is 2.18 bits per heavy atom. The van der Waals surface area contributed by atoms with E-state index in [1.165, 1.54) is 53.2 Å². The Morgan fingerprint density at radius 2 is 1.53 bits per heavy atom. The number of ketones is 1. The molecule has 6 aromatic rings. The van der Waals surface area contributed by atoms with Crippen LogP contribution in [-0.4, -0.2) is 15.9 Å². The molecule has 3 aromatic heterocycles. The first kappa shape index (κ1) is 40.6. The van der Waals surface area contributed by atoms with E-state index in [-0.39, 0.29) is 47.9 Å². The van der Waals surface area contributed by atoms with Crippen molar-refractivity contribution in [3.63, 3.8) is 0 Å². The van der Waals surface area contributed by atoms with Gasteiger partial charge in [0.15, 0.2) is 5.78 Å². The number of aryl methyl sites for hydroxylation is 1. The molecule has 0 atom stereocenters. The zero-order valence-corrected chi connectivity index (χ0v) is 35.8. The summed E-state index contributed by atoms with van der Waals surface area (Å²) in [6, 6.07) is 25.8. The van der Waals surface area contributed by atoms with E-state index < -0.39 is 0 Å². The van der Waals surface area contributed by atoms with E-state index in [1.807, 2.05) is 70.4 Å². The van der Waals surface area contributed by atoms with E-state index >= 15 is 0 Å². The maximum atomic E-state index is 12.2. The molecule has 0 saturated heterocycles. The topological polar surface area (TPSA) is 50.2 Å². The Morgan fingerprint density at radius 1 is 0.863 bits per heavy atom. The van der Waals surface area contributed by atoms with Crippen molar-refractivity contribution in [3.8, 4) is 21.7 Å². The number of aliphatic hydroxyl groups excluding tert-OH is 1. The maximum Gasteiger partial charge on any atom is 0.164 e. The molecule has 0 aliphatic rings. The Balaban J connectivity index is 0.000000279. The molecule has 3 heterocycles. The summed E-state index contributed by atoms with van der Waals surface area (Å²) < 4.78 is 2.57. The number of pyridine rings is 1. The number of fused-ring (bicyclic) bond motifs is 3. The molecule has 51 heavy (non-hydrogen) atoms. The van der Waals surface area contributed by atoms with Crippen LogP contribution in [0.2, 0.25) is 0 Å². The number of thiophene rings is 2. The summed E-state index contributed by atoms with van der Waals surface area (Å²) in [6.07, 6.45) is 6.68. The average Bonchev–Trinajstić information content (AvgIpc) is 3.73. The molecule has 1 radical (unpaired) electrons.